The van der Waals surface area contributed by atoms with Crippen LogP contribution in [-0.2, 0) is 13.2 Å². The van der Waals surface area contributed by atoms with Crippen molar-refractivity contribution in [3.8, 4) is 35.2 Å². The Kier molecular flexibility index (Phi) is 9.17. The van der Waals surface area contributed by atoms with Crippen molar-refractivity contribution >= 4 is 17.4 Å². The molecule has 0 atom stereocenters. The summed E-state index contributed by atoms with van der Waals surface area (Å²) in [7, 11) is 3.35. The molecule has 1 heterocycles. The highest BCUT2D eigenvalue weighted by molar-refractivity contribution is 5.94. The number of amides is 1. The van der Waals surface area contributed by atoms with Gasteiger partial charge in [0.2, 0.25) is 0 Å². The van der Waals surface area contributed by atoms with Crippen molar-refractivity contribution in [1.82, 2.24) is 14.9 Å². The minimum atomic E-state index is -0.177. The van der Waals surface area contributed by atoms with Crippen LogP contribution < -0.4 is 25.3 Å². The number of nitrogen functional groups attached to an aromatic ring is 1. The number of hydrogen-bond acceptors (Lipinski definition) is 9. The third-order valence-corrected chi connectivity index (χ3v) is 6.41. The molecule has 0 aliphatic heterocycles. The van der Waals surface area contributed by atoms with Crippen LogP contribution in [0, 0.1) is 11.3 Å². The predicted octanol–water partition coefficient (Wildman–Crippen LogP) is 6.41. The Labute approximate surface area is 255 Å². The number of anilines is 2. The summed E-state index contributed by atoms with van der Waals surface area (Å²) < 4.78 is 18.3. The van der Waals surface area contributed by atoms with Crippen LogP contribution in [0.15, 0.2) is 103 Å². The molecule has 3 N–H and O–H groups in total. The molecular formula is C34H30N6O4. The summed E-state index contributed by atoms with van der Waals surface area (Å²) in [5.74, 6) is 1.07. The Morgan fingerprint density at radius 1 is 0.864 bits per heavy atom. The Morgan fingerprint density at radius 3 is 2.30 bits per heavy atom. The normalized spacial score (nSPS) is 10.4. The fourth-order valence-electron chi connectivity index (χ4n) is 4.14. The van der Waals surface area contributed by atoms with E-state index in [0.29, 0.717) is 29.2 Å². The number of nitrogens with two attached hydrogens (primary N) is 1. The van der Waals surface area contributed by atoms with Gasteiger partial charge in [-0.3, -0.25) is 4.79 Å². The van der Waals surface area contributed by atoms with Gasteiger partial charge in [-0.1, -0.05) is 66.7 Å². The van der Waals surface area contributed by atoms with Gasteiger partial charge in [0.15, 0.2) is 17.3 Å². The molecule has 0 radical (unpaired) electrons. The van der Waals surface area contributed by atoms with Gasteiger partial charge in [0, 0.05) is 32.3 Å². The van der Waals surface area contributed by atoms with Gasteiger partial charge >= 0.3 is 6.01 Å². The highest BCUT2D eigenvalue weighted by atomic mass is 16.5. The summed E-state index contributed by atoms with van der Waals surface area (Å²) in [6.07, 6.45) is 0. The van der Waals surface area contributed by atoms with Gasteiger partial charge in [-0.25, -0.2) is 0 Å². The van der Waals surface area contributed by atoms with E-state index in [1.807, 2.05) is 60.7 Å². The molecule has 4 aromatic carbocycles. The van der Waals surface area contributed by atoms with Crippen LogP contribution in [0.25, 0.3) is 0 Å². The van der Waals surface area contributed by atoms with E-state index >= 15 is 0 Å². The molecule has 5 rings (SSSR count). The summed E-state index contributed by atoms with van der Waals surface area (Å²) in [6, 6.07) is 33.0. The maximum Gasteiger partial charge on any atom is 0.327 e. The monoisotopic (exact) mass is 586 g/mol. The zero-order chi connectivity index (χ0) is 30.9. The van der Waals surface area contributed by atoms with Crippen molar-refractivity contribution in [2.45, 2.75) is 13.2 Å². The number of rotatable bonds is 11. The topological polar surface area (TPSA) is 136 Å². The third kappa shape index (κ3) is 7.40. The molecule has 0 aliphatic carbocycles. The van der Waals surface area contributed by atoms with Crippen LogP contribution in [-0.4, -0.2) is 34.9 Å². The summed E-state index contributed by atoms with van der Waals surface area (Å²) in [6.45, 7) is 0.700. The molecule has 5 aromatic rings. The highest BCUT2D eigenvalue weighted by Gasteiger charge is 2.19. The fraction of sp³-hybridized carbons (Fsp3) is 0.118. The van der Waals surface area contributed by atoms with E-state index in [0.717, 1.165) is 11.1 Å². The largest absolute Gasteiger partial charge is 0.485 e. The number of nitrogens with one attached hydrogen (secondary N) is 1. The molecule has 0 bridgehead atoms. The average Bonchev–Trinajstić information content (AvgIpc) is 3.05. The van der Waals surface area contributed by atoms with Crippen LogP contribution in [0.3, 0.4) is 0 Å². The lowest BCUT2D eigenvalue weighted by molar-refractivity contribution is 0.0827. The second-order valence-electron chi connectivity index (χ2n) is 9.89. The molecule has 10 heteroatoms. The summed E-state index contributed by atoms with van der Waals surface area (Å²) in [5.41, 5.74) is 9.41. The fourth-order valence-corrected chi connectivity index (χ4v) is 4.14. The van der Waals surface area contributed by atoms with Crippen molar-refractivity contribution < 1.29 is 19.0 Å². The second-order valence-corrected chi connectivity index (χ2v) is 9.89. The van der Waals surface area contributed by atoms with Gasteiger partial charge < -0.3 is 30.2 Å². The maximum absolute atomic E-state index is 12.5. The van der Waals surface area contributed by atoms with E-state index in [9.17, 15) is 10.1 Å². The van der Waals surface area contributed by atoms with Crippen LogP contribution in [0.2, 0.25) is 0 Å². The number of aromatic nitrogens is 2. The molecule has 0 unspecified atom stereocenters. The Morgan fingerprint density at radius 2 is 1.59 bits per heavy atom. The molecule has 0 saturated heterocycles. The van der Waals surface area contributed by atoms with Crippen LogP contribution in [0.5, 0.6) is 29.1 Å². The van der Waals surface area contributed by atoms with Gasteiger partial charge in [0.1, 0.15) is 18.0 Å². The van der Waals surface area contributed by atoms with Crippen molar-refractivity contribution in [3.05, 3.63) is 125 Å². The van der Waals surface area contributed by atoms with E-state index in [1.54, 1.807) is 56.6 Å². The summed E-state index contributed by atoms with van der Waals surface area (Å²) >= 11 is 0. The predicted molar refractivity (Wildman–Crippen MR) is 167 cm³/mol. The first-order valence-electron chi connectivity index (χ1n) is 13.7. The number of carbonyl (C=O) groups excluding carboxylic acids is 1. The lowest BCUT2D eigenvalue weighted by atomic mass is 10.2. The first kappa shape index (κ1) is 29.4. The Bertz CT molecular complexity index is 1790. The molecule has 10 nitrogen and oxygen atoms in total. The number of nitrogens with zero attached hydrogens (tertiary/aromatic N) is 4. The average molecular weight is 587 g/mol. The zero-order valence-electron chi connectivity index (χ0n) is 24.2. The van der Waals surface area contributed by atoms with E-state index in [4.69, 9.17) is 19.9 Å². The van der Waals surface area contributed by atoms with Gasteiger partial charge in [-0.2, -0.15) is 15.2 Å². The standard InChI is InChI=1S/C34H30N6O4/c1-40(2)33(41)26-14-9-15-27(19-26)43-34-38-31(37-21-23-10-5-3-6-11-23)30(36)32(39-34)44-29-18-25(20-35)16-17-28(29)42-22-24-12-7-4-8-13-24/h3-19H,21-22,36H2,1-2H3,(H,37,38,39). The number of benzene rings is 4. The number of hydrogen-bond donors (Lipinski definition) is 2. The number of ether oxygens (including phenoxy) is 3. The first-order chi connectivity index (χ1) is 21.4. The minimum absolute atomic E-state index is 0.00858. The molecule has 220 valence electrons. The highest BCUT2D eigenvalue weighted by Crippen LogP contribution is 2.38. The van der Waals surface area contributed by atoms with Crippen molar-refractivity contribution in [2.24, 2.45) is 0 Å². The molecule has 1 amide bonds. The SMILES string of the molecule is CN(C)C(=O)c1cccc(Oc2nc(NCc3ccccc3)c(N)c(Oc3cc(C#N)ccc3OCc3ccccc3)n2)c1. The van der Waals surface area contributed by atoms with E-state index in [2.05, 4.69) is 21.4 Å². The van der Waals surface area contributed by atoms with Gasteiger partial charge in [-0.05, 0) is 41.5 Å². The van der Waals surface area contributed by atoms with Crippen LogP contribution in [0.4, 0.5) is 11.5 Å². The van der Waals surface area contributed by atoms with Gasteiger partial charge in [0.25, 0.3) is 11.8 Å². The quantitative estimate of drug-likeness (QED) is 0.180. The van der Waals surface area contributed by atoms with E-state index < -0.39 is 0 Å². The Balaban J connectivity index is 1.49. The van der Waals surface area contributed by atoms with E-state index in [1.165, 1.54) is 4.90 Å². The van der Waals surface area contributed by atoms with Gasteiger partial charge in [0.05, 0.1) is 11.6 Å². The maximum atomic E-state index is 12.5. The lowest BCUT2D eigenvalue weighted by Crippen LogP contribution is -2.21. The lowest BCUT2D eigenvalue weighted by Gasteiger charge is -2.17. The van der Waals surface area contributed by atoms with Crippen molar-refractivity contribution in [1.29, 1.82) is 5.26 Å². The van der Waals surface area contributed by atoms with E-state index in [-0.39, 0.29) is 41.7 Å². The first-order valence-corrected chi connectivity index (χ1v) is 13.7. The molecule has 0 spiro atoms. The minimum Gasteiger partial charge on any atom is -0.485 e. The van der Waals surface area contributed by atoms with Crippen LogP contribution in [0.1, 0.15) is 27.0 Å². The summed E-state index contributed by atoms with van der Waals surface area (Å²) in [4.78, 5) is 22.9. The molecule has 1 aromatic heterocycles. The summed E-state index contributed by atoms with van der Waals surface area (Å²) in [5, 5.41) is 12.8. The van der Waals surface area contributed by atoms with Crippen LogP contribution >= 0.6 is 0 Å². The second kappa shape index (κ2) is 13.7. The smallest absolute Gasteiger partial charge is 0.327 e. The number of nitriles is 1. The third-order valence-electron chi connectivity index (χ3n) is 6.41. The molecule has 0 fully saturated rings. The zero-order valence-corrected chi connectivity index (χ0v) is 24.2. The Hall–Kier alpha value is -6.08. The van der Waals surface area contributed by atoms with Crippen molar-refractivity contribution in [2.75, 3.05) is 25.1 Å². The molecular weight excluding hydrogens is 556 g/mol. The van der Waals surface area contributed by atoms with Crippen molar-refractivity contribution in [3.63, 3.8) is 0 Å². The molecule has 0 aliphatic rings. The van der Waals surface area contributed by atoms with Gasteiger partial charge in [-0.15, -0.1) is 0 Å². The molecule has 44 heavy (non-hydrogen) atoms. The number of carbonyl (C=O) groups is 1. The molecule has 0 saturated carbocycles.